The molecule has 0 aliphatic carbocycles. The zero-order chi connectivity index (χ0) is 10.6. The third kappa shape index (κ3) is 2.87. The van der Waals surface area contributed by atoms with Gasteiger partial charge in [0.05, 0.1) is 0 Å². The molecule has 0 aromatic heterocycles. The number of carbonyl (C=O) groups excluding carboxylic acids is 1. The average Bonchev–Trinajstić information content (AvgIpc) is 2.15. The molecular formula is C12H17NO. The maximum atomic E-state index is 11.0. The van der Waals surface area contributed by atoms with Gasteiger partial charge in [-0.15, -0.1) is 0 Å². The fourth-order valence-corrected chi connectivity index (χ4v) is 1.61. The number of hydrogen-bond acceptors (Lipinski definition) is 2. The molecule has 0 saturated carbocycles. The van der Waals surface area contributed by atoms with E-state index in [0.29, 0.717) is 12.3 Å². The molecule has 2 N–H and O–H groups in total. The van der Waals surface area contributed by atoms with Gasteiger partial charge in [0.15, 0.2) is 0 Å². The lowest BCUT2D eigenvalue weighted by Crippen LogP contribution is -2.03. The van der Waals surface area contributed by atoms with E-state index in [4.69, 9.17) is 5.73 Å². The van der Waals surface area contributed by atoms with Gasteiger partial charge < -0.3 is 10.5 Å². The lowest BCUT2D eigenvalue weighted by Gasteiger charge is -2.13. The molecule has 1 unspecified atom stereocenters. The molecule has 1 atom stereocenters. The van der Waals surface area contributed by atoms with E-state index in [1.807, 2.05) is 24.3 Å². The largest absolute Gasteiger partial charge is 0.399 e. The van der Waals surface area contributed by atoms with Crippen molar-refractivity contribution in [2.24, 2.45) is 0 Å². The van der Waals surface area contributed by atoms with Gasteiger partial charge in [-0.25, -0.2) is 0 Å². The standard InChI is InChI=1S/C12H17NO/c1-3-10(8-9(2)14)11-4-6-12(13)7-5-11/h4-7,10H,3,8,13H2,1-2H3. The summed E-state index contributed by atoms with van der Waals surface area (Å²) in [5.41, 5.74) is 7.58. The molecule has 14 heavy (non-hydrogen) atoms. The number of nitrogen functional groups attached to an aromatic ring is 1. The van der Waals surface area contributed by atoms with Gasteiger partial charge in [0.25, 0.3) is 0 Å². The minimum absolute atomic E-state index is 0.244. The van der Waals surface area contributed by atoms with Crippen LogP contribution in [-0.2, 0) is 4.79 Å². The molecule has 1 aromatic carbocycles. The van der Waals surface area contributed by atoms with Crippen LogP contribution < -0.4 is 5.73 Å². The second kappa shape index (κ2) is 4.80. The lowest BCUT2D eigenvalue weighted by molar-refractivity contribution is -0.117. The quantitative estimate of drug-likeness (QED) is 0.743. The minimum Gasteiger partial charge on any atom is -0.399 e. The smallest absolute Gasteiger partial charge is 0.130 e. The van der Waals surface area contributed by atoms with Crippen molar-refractivity contribution in [3.63, 3.8) is 0 Å². The van der Waals surface area contributed by atoms with Crippen LogP contribution in [-0.4, -0.2) is 5.78 Å². The number of anilines is 1. The van der Waals surface area contributed by atoms with E-state index in [1.165, 1.54) is 5.56 Å². The van der Waals surface area contributed by atoms with Crippen molar-refractivity contribution in [3.05, 3.63) is 29.8 Å². The Labute approximate surface area is 85.1 Å². The summed E-state index contributed by atoms with van der Waals surface area (Å²) >= 11 is 0. The predicted molar refractivity (Wildman–Crippen MR) is 59.2 cm³/mol. The van der Waals surface area contributed by atoms with Gasteiger partial charge >= 0.3 is 0 Å². The summed E-state index contributed by atoms with van der Waals surface area (Å²) in [5, 5.41) is 0. The van der Waals surface area contributed by atoms with E-state index in [1.54, 1.807) is 6.92 Å². The van der Waals surface area contributed by atoms with Crippen molar-refractivity contribution in [1.82, 2.24) is 0 Å². The normalized spacial score (nSPS) is 12.4. The van der Waals surface area contributed by atoms with Gasteiger partial charge in [-0.3, -0.25) is 0 Å². The topological polar surface area (TPSA) is 43.1 Å². The fraction of sp³-hybridized carbons (Fsp3) is 0.417. The Balaban J connectivity index is 2.78. The first kappa shape index (κ1) is 10.8. The molecule has 76 valence electrons. The van der Waals surface area contributed by atoms with Crippen LogP contribution in [0, 0.1) is 0 Å². The van der Waals surface area contributed by atoms with Crippen LogP contribution in [0.4, 0.5) is 5.69 Å². The van der Waals surface area contributed by atoms with Crippen molar-refractivity contribution in [1.29, 1.82) is 0 Å². The zero-order valence-corrected chi connectivity index (χ0v) is 8.79. The Morgan fingerprint density at radius 2 is 1.93 bits per heavy atom. The van der Waals surface area contributed by atoms with Gasteiger partial charge in [0.2, 0.25) is 0 Å². The van der Waals surface area contributed by atoms with Crippen LogP contribution in [0.3, 0.4) is 0 Å². The molecule has 0 heterocycles. The van der Waals surface area contributed by atoms with Crippen molar-refractivity contribution >= 4 is 11.5 Å². The molecule has 0 radical (unpaired) electrons. The fourth-order valence-electron chi connectivity index (χ4n) is 1.61. The van der Waals surface area contributed by atoms with Crippen LogP contribution in [0.25, 0.3) is 0 Å². The second-order valence-electron chi connectivity index (χ2n) is 3.68. The van der Waals surface area contributed by atoms with Crippen molar-refractivity contribution in [2.45, 2.75) is 32.6 Å². The molecule has 1 aromatic rings. The summed E-state index contributed by atoms with van der Waals surface area (Å²) in [6, 6.07) is 7.79. The van der Waals surface area contributed by atoms with Gasteiger partial charge in [0, 0.05) is 12.1 Å². The van der Waals surface area contributed by atoms with Gasteiger partial charge in [0.1, 0.15) is 5.78 Å². The van der Waals surface area contributed by atoms with Crippen molar-refractivity contribution in [2.75, 3.05) is 5.73 Å². The monoisotopic (exact) mass is 191 g/mol. The maximum Gasteiger partial charge on any atom is 0.130 e. The number of benzene rings is 1. The Hall–Kier alpha value is -1.31. The molecule has 0 aliphatic rings. The van der Waals surface area contributed by atoms with E-state index in [0.717, 1.165) is 12.1 Å². The van der Waals surface area contributed by atoms with Gasteiger partial charge in [-0.1, -0.05) is 19.1 Å². The van der Waals surface area contributed by atoms with Crippen LogP contribution in [0.15, 0.2) is 24.3 Å². The number of hydrogen-bond donors (Lipinski definition) is 1. The van der Waals surface area contributed by atoms with Crippen LogP contribution >= 0.6 is 0 Å². The molecule has 1 rings (SSSR count). The van der Waals surface area contributed by atoms with E-state index in [-0.39, 0.29) is 5.78 Å². The molecule has 2 heteroatoms. The molecular weight excluding hydrogens is 174 g/mol. The molecule has 0 aliphatic heterocycles. The summed E-state index contributed by atoms with van der Waals surface area (Å²) in [4.78, 5) is 11.0. The van der Waals surface area contributed by atoms with Crippen LogP contribution in [0.1, 0.15) is 38.2 Å². The lowest BCUT2D eigenvalue weighted by atomic mass is 9.92. The molecule has 0 amide bonds. The van der Waals surface area contributed by atoms with Gasteiger partial charge in [-0.2, -0.15) is 0 Å². The molecule has 0 fully saturated rings. The Morgan fingerprint density at radius 3 is 2.36 bits per heavy atom. The third-order valence-corrected chi connectivity index (χ3v) is 2.43. The number of rotatable bonds is 4. The molecule has 2 nitrogen and oxygen atoms in total. The second-order valence-corrected chi connectivity index (χ2v) is 3.68. The maximum absolute atomic E-state index is 11.0. The molecule has 0 bridgehead atoms. The van der Waals surface area contributed by atoms with Gasteiger partial charge in [-0.05, 0) is 37.0 Å². The first-order chi connectivity index (χ1) is 6.63. The van der Waals surface area contributed by atoms with E-state index in [2.05, 4.69) is 6.92 Å². The summed E-state index contributed by atoms with van der Waals surface area (Å²) in [7, 11) is 0. The highest BCUT2D eigenvalue weighted by molar-refractivity contribution is 5.76. The minimum atomic E-state index is 0.244. The summed E-state index contributed by atoms with van der Waals surface area (Å²) in [5.74, 6) is 0.585. The number of Topliss-reactive ketones (excluding diaryl/α,β-unsaturated/α-hetero) is 1. The first-order valence-corrected chi connectivity index (χ1v) is 4.98. The average molecular weight is 191 g/mol. The third-order valence-electron chi connectivity index (χ3n) is 2.43. The highest BCUT2D eigenvalue weighted by Gasteiger charge is 2.10. The summed E-state index contributed by atoms with van der Waals surface area (Å²) in [6.07, 6.45) is 1.61. The number of carbonyl (C=O) groups is 1. The Bertz CT molecular complexity index is 303. The van der Waals surface area contributed by atoms with Crippen LogP contribution in [0.5, 0.6) is 0 Å². The van der Waals surface area contributed by atoms with Crippen LogP contribution in [0.2, 0.25) is 0 Å². The summed E-state index contributed by atoms with van der Waals surface area (Å²) in [6.45, 7) is 3.74. The summed E-state index contributed by atoms with van der Waals surface area (Å²) < 4.78 is 0. The van der Waals surface area contributed by atoms with Crippen molar-refractivity contribution in [3.8, 4) is 0 Å². The number of ketones is 1. The van der Waals surface area contributed by atoms with Crippen molar-refractivity contribution < 1.29 is 4.79 Å². The van der Waals surface area contributed by atoms with E-state index < -0.39 is 0 Å². The Kier molecular flexibility index (Phi) is 3.69. The molecule has 0 spiro atoms. The zero-order valence-electron chi connectivity index (χ0n) is 8.79. The molecule has 0 saturated heterocycles. The highest BCUT2D eigenvalue weighted by Crippen LogP contribution is 2.24. The SMILES string of the molecule is CCC(CC(C)=O)c1ccc(N)cc1. The highest BCUT2D eigenvalue weighted by atomic mass is 16.1. The number of nitrogens with two attached hydrogens (primary N) is 1. The predicted octanol–water partition coefficient (Wildman–Crippen LogP) is 2.74. The van der Waals surface area contributed by atoms with E-state index >= 15 is 0 Å². The Morgan fingerprint density at radius 1 is 1.36 bits per heavy atom. The van der Waals surface area contributed by atoms with E-state index in [9.17, 15) is 4.79 Å². The first-order valence-electron chi connectivity index (χ1n) is 4.98.